The summed E-state index contributed by atoms with van der Waals surface area (Å²) in [7, 11) is 0. The normalized spacial score (nSPS) is 14.4. The third-order valence-corrected chi connectivity index (χ3v) is 1.65. The maximum atomic E-state index is 3.73. The van der Waals surface area contributed by atoms with Gasteiger partial charge in [-0.1, -0.05) is 52.8 Å². The Bertz CT molecular complexity index is 272. The highest BCUT2D eigenvalue weighted by atomic mass is 14.6. The third-order valence-electron chi connectivity index (χ3n) is 1.65. The van der Waals surface area contributed by atoms with Crippen LogP contribution in [0.15, 0.2) is 41.1 Å². The van der Waals surface area contributed by atoms with Gasteiger partial charge in [0.05, 0.1) is 0 Å². The molecule has 1 nitrogen and oxygen atoms in total. The van der Waals surface area contributed by atoms with Gasteiger partial charge in [0, 0.05) is 6.20 Å². The van der Waals surface area contributed by atoms with Crippen LogP contribution in [0.4, 0.5) is 0 Å². The fourth-order valence-electron chi connectivity index (χ4n) is 1.09. The van der Waals surface area contributed by atoms with Crippen molar-refractivity contribution in [3.05, 3.63) is 36.1 Å². The van der Waals surface area contributed by atoms with Gasteiger partial charge in [0.25, 0.3) is 0 Å². The zero-order valence-corrected chi connectivity index (χ0v) is 10.6. The Balaban J connectivity index is 4.81. The summed E-state index contributed by atoms with van der Waals surface area (Å²) in [6, 6.07) is 0. The second-order valence-corrected chi connectivity index (χ2v) is 5.11. The summed E-state index contributed by atoms with van der Waals surface area (Å²) < 4.78 is 0. The predicted molar refractivity (Wildman–Crippen MR) is 70.2 cm³/mol. The van der Waals surface area contributed by atoms with Crippen molar-refractivity contribution in [3.63, 3.8) is 0 Å². The number of aliphatic imine (C=N–C) groups is 1. The van der Waals surface area contributed by atoms with Gasteiger partial charge in [0.2, 0.25) is 0 Å². The van der Waals surface area contributed by atoms with Gasteiger partial charge in [-0.25, -0.2) is 0 Å². The molecule has 15 heavy (non-hydrogen) atoms. The van der Waals surface area contributed by atoms with E-state index >= 15 is 0 Å². The molecule has 84 valence electrons. The minimum atomic E-state index is 0.183. The molecule has 0 bridgehead atoms. The Kier molecular flexibility index (Phi) is 5.92. The molecule has 0 aromatic rings. The highest BCUT2D eigenvalue weighted by Gasteiger charge is 2.05. The minimum absolute atomic E-state index is 0.183. The maximum Gasteiger partial charge on any atom is 0.0266 e. The maximum absolute atomic E-state index is 3.73. The first-order valence-corrected chi connectivity index (χ1v) is 5.38. The summed E-state index contributed by atoms with van der Waals surface area (Å²) in [5, 5.41) is 0. The average molecular weight is 205 g/mol. The largest absolute Gasteiger partial charge is 0.272 e. The molecule has 0 aromatic carbocycles. The van der Waals surface area contributed by atoms with E-state index in [-0.39, 0.29) is 5.41 Å². The SMILES string of the molecule is C=N\C=C/C(=C\C(C)(C)C)/C=C/C(C)C. The number of hydrogen-bond donors (Lipinski definition) is 0. The predicted octanol–water partition coefficient (Wildman–Crippen LogP) is 4.39. The van der Waals surface area contributed by atoms with Crippen LogP contribution in [0.3, 0.4) is 0 Å². The molecule has 0 rings (SSSR count). The van der Waals surface area contributed by atoms with Gasteiger partial charge in [-0.2, -0.15) is 0 Å². The first-order valence-electron chi connectivity index (χ1n) is 5.38. The van der Waals surface area contributed by atoms with Crippen LogP contribution >= 0.6 is 0 Å². The van der Waals surface area contributed by atoms with Crippen LogP contribution in [0.5, 0.6) is 0 Å². The summed E-state index contributed by atoms with van der Waals surface area (Å²) in [5.41, 5.74) is 1.37. The van der Waals surface area contributed by atoms with E-state index in [1.165, 1.54) is 5.57 Å². The molecule has 0 atom stereocenters. The molecule has 0 saturated carbocycles. The molecule has 0 unspecified atom stereocenters. The Morgan fingerprint density at radius 3 is 2.20 bits per heavy atom. The van der Waals surface area contributed by atoms with Crippen molar-refractivity contribution in [2.45, 2.75) is 34.6 Å². The van der Waals surface area contributed by atoms with Crippen molar-refractivity contribution in [1.29, 1.82) is 0 Å². The van der Waals surface area contributed by atoms with Crippen molar-refractivity contribution in [1.82, 2.24) is 0 Å². The van der Waals surface area contributed by atoms with Crippen LogP contribution in [0, 0.1) is 11.3 Å². The van der Waals surface area contributed by atoms with E-state index in [0.29, 0.717) is 5.92 Å². The van der Waals surface area contributed by atoms with Crippen LogP contribution in [0.1, 0.15) is 34.6 Å². The molecule has 0 aliphatic rings. The fourth-order valence-corrected chi connectivity index (χ4v) is 1.09. The standard InChI is InChI=1S/C14H23N/c1-12(2)7-8-13(9-10-15-6)11-14(3,4)5/h7-12H,6H2,1-5H3/b8-7+,10-9-,13-11-. The Labute approximate surface area is 94.3 Å². The molecule has 0 heterocycles. The quantitative estimate of drug-likeness (QED) is 0.477. The Morgan fingerprint density at radius 1 is 1.20 bits per heavy atom. The van der Waals surface area contributed by atoms with Gasteiger partial charge in [-0.05, 0) is 29.7 Å². The highest BCUT2D eigenvalue weighted by molar-refractivity contribution is 5.34. The van der Waals surface area contributed by atoms with Crippen molar-refractivity contribution in [3.8, 4) is 0 Å². The minimum Gasteiger partial charge on any atom is -0.272 e. The Morgan fingerprint density at radius 2 is 1.80 bits per heavy atom. The van der Waals surface area contributed by atoms with Gasteiger partial charge in [0.1, 0.15) is 0 Å². The molecule has 0 aromatic heterocycles. The molecule has 0 fully saturated rings. The number of hydrogen-bond acceptors (Lipinski definition) is 1. The number of rotatable bonds is 4. The van der Waals surface area contributed by atoms with Crippen LogP contribution in [-0.4, -0.2) is 6.72 Å². The molecule has 0 aliphatic carbocycles. The van der Waals surface area contributed by atoms with Gasteiger partial charge >= 0.3 is 0 Å². The summed E-state index contributed by atoms with van der Waals surface area (Å²) in [6.07, 6.45) is 10.3. The first kappa shape index (κ1) is 13.9. The van der Waals surface area contributed by atoms with E-state index in [1.54, 1.807) is 6.20 Å². The summed E-state index contributed by atoms with van der Waals surface area (Å²) in [4.78, 5) is 3.73. The summed E-state index contributed by atoms with van der Waals surface area (Å²) in [5.74, 6) is 0.568. The Hall–Kier alpha value is -1.11. The van der Waals surface area contributed by atoms with Crippen LogP contribution in [-0.2, 0) is 0 Å². The van der Waals surface area contributed by atoms with E-state index in [0.717, 1.165) is 0 Å². The monoisotopic (exact) mass is 205 g/mol. The molecular formula is C14H23N. The summed E-state index contributed by atoms with van der Waals surface area (Å²) in [6.45, 7) is 14.3. The first-order chi connectivity index (χ1) is 6.85. The smallest absolute Gasteiger partial charge is 0.0266 e. The zero-order chi connectivity index (χ0) is 11.9. The van der Waals surface area contributed by atoms with Gasteiger partial charge in [-0.3, -0.25) is 4.99 Å². The number of nitrogens with zero attached hydrogens (tertiary/aromatic N) is 1. The van der Waals surface area contributed by atoms with Crippen molar-refractivity contribution in [2.24, 2.45) is 16.3 Å². The molecule has 0 radical (unpaired) electrons. The number of allylic oxidation sites excluding steroid dienone is 5. The van der Waals surface area contributed by atoms with E-state index in [9.17, 15) is 0 Å². The topological polar surface area (TPSA) is 12.4 Å². The van der Waals surface area contributed by atoms with E-state index in [4.69, 9.17) is 0 Å². The zero-order valence-electron chi connectivity index (χ0n) is 10.6. The highest BCUT2D eigenvalue weighted by Crippen LogP contribution is 2.19. The van der Waals surface area contributed by atoms with Crippen molar-refractivity contribution >= 4 is 6.72 Å². The summed E-state index contributed by atoms with van der Waals surface area (Å²) >= 11 is 0. The molecule has 1 heteroatoms. The van der Waals surface area contributed by atoms with Crippen LogP contribution in [0.2, 0.25) is 0 Å². The fraction of sp³-hybridized carbons (Fsp3) is 0.500. The molecule has 0 N–H and O–H groups in total. The second-order valence-electron chi connectivity index (χ2n) is 5.11. The lowest BCUT2D eigenvalue weighted by Gasteiger charge is -2.13. The van der Waals surface area contributed by atoms with Gasteiger partial charge in [0.15, 0.2) is 0 Å². The van der Waals surface area contributed by atoms with E-state index < -0.39 is 0 Å². The van der Waals surface area contributed by atoms with E-state index in [1.807, 2.05) is 6.08 Å². The third kappa shape index (κ3) is 9.20. The van der Waals surface area contributed by atoms with Crippen molar-refractivity contribution in [2.75, 3.05) is 0 Å². The van der Waals surface area contributed by atoms with Crippen molar-refractivity contribution < 1.29 is 0 Å². The molecule has 0 spiro atoms. The van der Waals surface area contributed by atoms with Crippen LogP contribution in [0.25, 0.3) is 0 Å². The molecule has 0 aliphatic heterocycles. The van der Waals surface area contributed by atoms with Gasteiger partial charge < -0.3 is 0 Å². The molecule has 0 amide bonds. The lowest BCUT2D eigenvalue weighted by molar-refractivity contribution is 0.542. The molecular weight excluding hydrogens is 182 g/mol. The average Bonchev–Trinajstić information content (AvgIpc) is 2.07. The lowest BCUT2D eigenvalue weighted by atomic mass is 9.93. The second kappa shape index (κ2) is 6.39. The van der Waals surface area contributed by atoms with Crippen LogP contribution < -0.4 is 0 Å². The van der Waals surface area contributed by atoms with E-state index in [2.05, 4.69) is 64.6 Å². The van der Waals surface area contributed by atoms with Gasteiger partial charge in [-0.15, -0.1) is 0 Å². The lowest BCUT2D eigenvalue weighted by Crippen LogP contribution is -2.00. The molecule has 0 saturated heterocycles.